The van der Waals surface area contributed by atoms with Gasteiger partial charge < -0.3 is 15.6 Å². The van der Waals surface area contributed by atoms with Crippen LogP contribution in [-0.2, 0) is 10.1 Å². The second kappa shape index (κ2) is 8.22. The fraction of sp³-hybridized carbons (Fsp3) is 0.0909. The van der Waals surface area contributed by atoms with E-state index in [0.29, 0.717) is 22.5 Å². The standard InChI is InChI=1S/C22H18N2O5S.Na/c1-11-7-8-13(10-17(11)30(27,28)29)24-16-9-12(2)20(23)19-18(16)21(25)14-5-3-4-6-15(14)22(19)26;/h3-10,24H,23H2,1-2H3,(H,27,28,29);/q;+1/p-1. The number of anilines is 3. The monoisotopic (exact) mass is 444 g/mol. The zero-order valence-corrected chi connectivity index (χ0v) is 20.0. The van der Waals surface area contributed by atoms with Gasteiger partial charge in [-0.05, 0) is 43.2 Å². The first kappa shape index (κ1) is 23.2. The van der Waals surface area contributed by atoms with E-state index < -0.39 is 10.1 Å². The van der Waals surface area contributed by atoms with E-state index in [9.17, 15) is 22.6 Å². The number of nitrogens with one attached hydrogen (secondary N) is 1. The van der Waals surface area contributed by atoms with Crippen molar-refractivity contribution < 1.29 is 52.1 Å². The maximum atomic E-state index is 13.2. The van der Waals surface area contributed by atoms with Crippen LogP contribution >= 0.6 is 0 Å². The zero-order valence-electron chi connectivity index (χ0n) is 17.1. The molecule has 0 saturated carbocycles. The SMILES string of the molecule is Cc1ccc(Nc2cc(C)c(N)c3c2C(=O)c2ccccc2C3=O)cc1S(=O)(=O)[O-].[Na+]. The first-order valence-corrected chi connectivity index (χ1v) is 10.5. The Bertz CT molecular complexity index is 1370. The van der Waals surface area contributed by atoms with E-state index in [1.165, 1.54) is 19.1 Å². The van der Waals surface area contributed by atoms with E-state index in [1.807, 2.05) is 0 Å². The number of carbonyl (C=O) groups excluding carboxylic acids is 2. The molecule has 7 nitrogen and oxygen atoms in total. The summed E-state index contributed by atoms with van der Waals surface area (Å²) in [5, 5.41) is 2.99. The number of benzene rings is 3. The van der Waals surface area contributed by atoms with Gasteiger partial charge in [0.25, 0.3) is 0 Å². The minimum absolute atomic E-state index is 0. The molecule has 4 rings (SSSR count). The number of carbonyl (C=O) groups is 2. The summed E-state index contributed by atoms with van der Waals surface area (Å²) in [4.78, 5) is 25.9. The van der Waals surface area contributed by atoms with Crippen LogP contribution in [0.1, 0.15) is 43.0 Å². The van der Waals surface area contributed by atoms with Crippen LogP contribution in [0.3, 0.4) is 0 Å². The first-order chi connectivity index (χ1) is 14.1. The van der Waals surface area contributed by atoms with Crippen LogP contribution in [0.2, 0.25) is 0 Å². The van der Waals surface area contributed by atoms with Gasteiger partial charge in [-0.1, -0.05) is 30.3 Å². The number of fused-ring (bicyclic) bond motifs is 2. The number of nitrogen functional groups attached to an aromatic ring is 1. The number of ketones is 2. The van der Waals surface area contributed by atoms with E-state index in [1.54, 1.807) is 43.3 Å². The third kappa shape index (κ3) is 3.93. The molecule has 0 atom stereocenters. The van der Waals surface area contributed by atoms with Crippen LogP contribution in [0.25, 0.3) is 0 Å². The molecule has 31 heavy (non-hydrogen) atoms. The fourth-order valence-electron chi connectivity index (χ4n) is 3.65. The van der Waals surface area contributed by atoms with Crippen molar-refractivity contribution in [3.05, 3.63) is 81.9 Å². The van der Waals surface area contributed by atoms with Gasteiger partial charge in [-0.25, -0.2) is 8.42 Å². The Kier molecular flexibility index (Phi) is 6.14. The average Bonchev–Trinajstić information content (AvgIpc) is 2.69. The van der Waals surface area contributed by atoms with Gasteiger partial charge in [0, 0.05) is 22.5 Å². The Labute approximate surface area is 201 Å². The third-order valence-electron chi connectivity index (χ3n) is 5.18. The Morgan fingerprint density at radius 1 is 0.871 bits per heavy atom. The summed E-state index contributed by atoms with van der Waals surface area (Å²) in [5.74, 6) is -0.714. The predicted molar refractivity (Wildman–Crippen MR) is 111 cm³/mol. The molecule has 3 N–H and O–H groups in total. The molecule has 1 aliphatic carbocycles. The van der Waals surface area contributed by atoms with Gasteiger partial charge in [-0.15, -0.1) is 0 Å². The molecule has 0 unspecified atom stereocenters. The average molecular weight is 444 g/mol. The van der Waals surface area contributed by atoms with Gasteiger partial charge in [-0.3, -0.25) is 9.59 Å². The van der Waals surface area contributed by atoms with E-state index >= 15 is 0 Å². The molecule has 0 spiro atoms. The quantitative estimate of drug-likeness (QED) is 0.264. The zero-order chi connectivity index (χ0) is 21.8. The summed E-state index contributed by atoms with van der Waals surface area (Å²) >= 11 is 0. The molecule has 0 fully saturated rings. The summed E-state index contributed by atoms with van der Waals surface area (Å²) in [7, 11) is -4.67. The molecule has 3 aromatic rings. The van der Waals surface area contributed by atoms with Gasteiger partial charge in [-0.2, -0.15) is 0 Å². The summed E-state index contributed by atoms with van der Waals surface area (Å²) in [6, 6.07) is 12.4. The molecule has 3 aromatic carbocycles. The largest absolute Gasteiger partial charge is 1.00 e. The predicted octanol–water partition coefficient (Wildman–Crippen LogP) is 0.313. The van der Waals surface area contributed by atoms with Crippen molar-refractivity contribution in [1.82, 2.24) is 0 Å². The molecule has 152 valence electrons. The maximum Gasteiger partial charge on any atom is 1.00 e. The molecule has 0 aromatic heterocycles. The molecule has 0 heterocycles. The smallest absolute Gasteiger partial charge is 0.744 e. The van der Waals surface area contributed by atoms with Crippen LogP contribution in [0.5, 0.6) is 0 Å². The van der Waals surface area contributed by atoms with Crippen molar-refractivity contribution in [2.45, 2.75) is 18.7 Å². The third-order valence-corrected chi connectivity index (χ3v) is 6.16. The van der Waals surface area contributed by atoms with E-state index in [0.717, 1.165) is 0 Å². The maximum absolute atomic E-state index is 13.2. The van der Waals surface area contributed by atoms with Gasteiger partial charge >= 0.3 is 29.6 Å². The number of nitrogens with two attached hydrogens (primary N) is 1. The van der Waals surface area contributed by atoms with Crippen molar-refractivity contribution in [2.75, 3.05) is 11.1 Å². The molecule has 0 saturated heterocycles. The molecular formula is C22H17N2NaO5S. The van der Waals surface area contributed by atoms with Crippen molar-refractivity contribution in [1.29, 1.82) is 0 Å². The van der Waals surface area contributed by atoms with Gasteiger partial charge in [0.2, 0.25) is 0 Å². The minimum atomic E-state index is -4.67. The molecule has 0 radical (unpaired) electrons. The van der Waals surface area contributed by atoms with Gasteiger partial charge in [0.05, 0.1) is 21.7 Å². The number of rotatable bonds is 3. The van der Waals surface area contributed by atoms with E-state index in [-0.39, 0.29) is 74.0 Å². The van der Waals surface area contributed by atoms with Gasteiger partial charge in [0.15, 0.2) is 11.6 Å². The first-order valence-electron chi connectivity index (χ1n) is 9.04. The van der Waals surface area contributed by atoms with Crippen LogP contribution in [0, 0.1) is 13.8 Å². The van der Waals surface area contributed by atoms with Crippen molar-refractivity contribution >= 4 is 38.7 Å². The Balaban J connectivity index is 0.00000272. The molecular weight excluding hydrogens is 427 g/mol. The van der Waals surface area contributed by atoms with Gasteiger partial charge in [0.1, 0.15) is 10.1 Å². The summed E-state index contributed by atoms with van der Waals surface area (Å²) in [6.45, 7) is 3.23. The Morgan fingerprint density at radius 2 is 1.45 bits per heavy atom. The van der Waals surface area contributed by atoms with Crippen LogP contribution in [0.4, 0.5) is 17.1 Å². The molecule has 0 bridgehead atoms. The molecule has 0 aliphatic heterocycles. The number of hydrogen-bond acceptors (Lipinski definition) is 7. The van der Waals surface area contributed by atoms with Crippen molar-refractivity contribution in [2.24, 2.45) is 0 Å². The number of aryl methyl sites for hydroxylation is 2. The summed E-state index contributed by atoms with van der Waals surface area (Å²) in [5.41, 5.74) is 8.66. The summed E-state index contributed by atoms with van der Waals surface area (Å²) in [6.07, 6.45) is 0. The molecule has 9 heteroatoms. The molecule has 1 aliphatic rings. The summed E-state index contributed by atoms with van der Waals surface area (Å²) < 4.78 is 34.6. The van der Waals surface area contributed by atoms with Crippen LogP contribution in [0.15, 0.2) is 53.4 Å². The second-order valence-electron chi connectivity index (χ2n) is 7.17. The molecule has 0 amide bonds. The normalized spacial score (nSPS) is 12.6. The fourth-order valence-corrected chi connectivity index (χ4v) is 4.39. The van der Waals surface area contributed by atoms with E-state index in [2.05, 4.69) is 5.32 Å². The van der Waals surface area contributed by atoms with Crippen molar-refractivity contribution in [3.8, 4) is 0 Å². The van der Waals surface area contributed by atoms with Crippen LogP contribution < -0.4 is 40.6 Å². The minimum Gasteiger partial charge on any atom is -0.744 e. The van der Waals surface area contributed by atoms with E-state index in [4.69, 9.17) is 5.73 Å². The Hall–Kier alpha value is -2.49. The Morgan fingerprint density at radius 3 is 2.03 bits per heavy atom. The van der Waals surface area contributed by atoms with Crippen molar-refractivity contribution in [3.63, 3.8) is 0 Å². The van der Waals surface area contributed by atoms with Crippen LogP contribution in [-0.4, -0.2) is 24.5 Å². The second-order valence-corrected chi connectivity index (χ2v) is 8.52. The topological polar surface area (TPSA) is 129 Å². The number of hydrogen-bond donors (Lipinski definition) is 2.